The minimum Gasteiger partial charge on any atom is -0.486 e. The van der Waals surface area contributed by atoms with E-state index in [4.69, 9.17) is 9.47 Å². The number of nitrogens with zero attached hydrogens (tertiary/aromatic N) is 2. The predicted octanol–water partition coefficient (Wildman–Crippen LogP) is 4.66. The Labute approximate surface area is 209 Å². The van der Waals surface area contributed by atoms with Crippen LogP contribution in [0.3, 0.4) is 0 Å². The van der Waals surface area contributed by atoms with Gasteiger partial charge in [0, 0.05) is 11.8 Å². The van der Waals surface area contributed by atoms with Gasteiger partial charge >= 0.3 is 5.69 Å². The number of hydrogen-bond acceptors (Lipinski definition) is 6. The Hall–Kier alpha value is -3.20. The zero-order valence-electron chi connectivity index (χ0n) is 21.0. The van der Waals surface area contributed by atoms with Gasteiger partial charge in [0.05, 0.1) is 11.4 Å². The molecule has 0 bridgehead atoms. The van der Waals surface area contributed by atoms with Crippen LogP contribution in [0, 0.1) is 0 Å². The number of hydrogen-bond donors (Lipinski definition) is 2. The van der Waals surface area contributed by atoms with E-state index >= 15 is 0 Å². The van der Waals surface area contributed by atoms with E-state index in [0.717, 1.165) is 16.8 Å². The number of rotatable bonds is 5. The average molecular weight is 497 g/mol. The van der Waals surface area contributed by atoms with Crippen LogP contribution in [0.4, 0.5) is 5.69 Å². The molecule has 0 radical (unpaired) electrons. The van der Waals surface area contributed by atoms with Crippen LogP contribution in [0.25, 0.3) is 5.69 Å². The van der Waals surface area contributed by atoms with Crippen molar-refractivity contribution >= 4 is 23.4 Å². The molecule has 8 nitrogen and oxygen atoms in total. The topological polar surface area (TPSA) is 98.2 Å². The predicted molar refractivity (Wildman–Crippen MR) is 138 cm³/mol. The summed E-state index contributed by atoms with van der Waals surface area (Å²) in [6.07, 6.45) is 0. The van der Waals surface area contributed by atoms with Gasteiger partial charge in [-0.15, -0.1) is 5.10 Å². The molecule has 0 saturated heterocycles. The van der Waals surface area contributed by atoms with Crippen LogP contribution in [-0.4, -0.2) is 39.6 Å². The fourth-order valence-corrected chi connectivity index (χ4v) is 4.43. The summed E-state index contributed by atoms with van der Waals surface area (Å²) in [5.74, 6) is 1.13. The number of aromatic amines is 1. The highest BCUT2D eigenvalue weighted by atomic mass is 32.2. The van der Waals surface area contributed by atoms with Crippen molar-refractivity contribution in [3.8, 4) is 17.2 Å². The van der Waals surface area contributed by atoms with Crippen LogP contribution < -0.4 is 20.5 Å². The maximum absolute atomic E-state index is 12.9. The summed E-state index contributed by atoms with van der Waals surface area (Å²) < 4.78 is 12.6. The number of nitrogens with one attached hydrogen (secondary N) is 2. The van der Waals surface area contributed by atoms with Crippen molar-refractivity contribution < 1.29 is 14.3 Å². The third-order valence-electron chi connectivity index (χ3n) is 5.71. The lowest BCUT2D eigenvalue weighted by atomic mass is 9.80. The van der Waals surface area contributed by atoms with Gasteiger partial charge in [-0.1, -0.05) is 59.4 Å². The van der Waals surface area contributed by atoms with E-state index in [1.165, 1.54) is 16.3 Å². The molecule has 0 unspecified atom stereocenters. The first kappa shape index (κ1) is 24.9. The normalized spacial score (nSPS) is 13.5. The number of amides is 1. The molecule has 186 valence electrons. The van der Waals surface area contributed by atoms with Crippen LogP contribution in [0.1, 0.15) is 52.7 Å². The number of ether oxygens (including phenoxy) is 2. The Balaban J connectivity index is 1.51. The van der Waals surface area contributed by atoms with E-state index in [-0.39, 0.29) is 22.5 Å². The van der Waals surface area contributed by atoms with E-state index in [9.17, 15) is 9.59 Å². The zero-order valence-corrected chi connectivity index (χ0v) is 21.8. The van der Waals surface area contributed by atoms with Gasteiger partial charge in [-0.05, 0) is 46.2 Å². The first-order chi connectivity index (χ1) is 16.4. The fraction of sp³-hybridized carbons (Fsp3) is 0.423. The number of carbonyl (C=O) groups is 1. The number of H-pyrrole nitrogens is 1. The largest absolute Gasteiger partial charge is 0.486 e. The first-order valence-corrected chi connectivity index (χ1v) is 12.6. The van der Waals surface area contributed by atoms with Gasteiger partial charge in [0.25, 0.3) is 0 Å². The quantitative estimate of drug-likeness (QED) is 0.499. The zero-order chi connectivity index (χ0) is 25.4. The summed E-state index contributed by atoms with van der Waals surface area (Å²) in [4.78, 5) is 25.3. The van der Waals surface area contributed by atoms with Crippen LogP contribution in [0.15, 0.2) is 46.3 Å². The van der Waals surface area contributed by atoms with E-state index in [0.29, 0.717) is 35.6 Å². The fourth-order valence-electron chi connectivity index (χ4n) is 3.67. The van der Waals surface area contributed by atoms with Crippen LogP contribution >= 0.6 is 11.8 Å². The molecule has 0 atom stereocenters. The van der Waals surface area contributed by atoms with Gasteiger partial charge in [0.1, 0.15) is 13.2 Å². The SMILES string of the molecule is CC(C)(C)c1cc(NC(=O)CSc2n[nH]c(=O)n2-c2ccc3c(c2)OCCO3)cc(C(C)(C)C)c1. The highest BCUT2D eigenvalue weighted by Gasteiger charge is 2.22. The van der Waals surface area contributed by atoms with Gasteiger partial charge in [-0.2, -0.15) is 0 Å². The third kappa shape index (κ3) is 5.73. The lowest BCUT2D eigenvalue weighted by Gasteiger charge is -2.26. The molecule has 1 aliphatic rings. The lowest BCUT2D eigenvalue weighted by molar-refractivity contribution is -0.113. The second-order valence-corrected chi connectivity index (χ2v) is 11.6. The average Bonchev–Trinajstić information content (AvgIpc) is 3.16. The minimum absolute atomic E-state index is 0.0514. The van der Waals surface area contributed by atoms with Gasteiger partial charge < -0.3 is 14.8 Å². The monoisotopic (exact) mass is 496 g/mol. The maximum Gasteiger partial charge on any atom is 0.348 e. The standard InChI is InChI=1S/C26H32N4O4S/c1-25(2,3)16-11-17(26(4,5)6)13-18(12-16)27-22(31)15-35-24-29-28-23(32)30(24)19-7-8-20-21(14-19)34-10-9-33-20/h7-8,11-14H,9-10,15H2,1-6H3,(H,27,31)(H,28,32). The number of benzene rings is 2. The highest BCUT2D eigenvalue weighted by Crippen LogP contribution is 2.34. The first-order valence-electron chi connectivity index (χ1n) is 11.6. The molecule has 35 heavy (non-hydrogen) atoms. The maximum atomic E-state index is 12.9. The molecule has 2 N–H and O–H groups in total. The van der Waals surface area contributed by atoms with Crippen LogP contribution in [-0.2, 0) is 15.6 Å². The highest BCUT2D eigenvalue weighted by molar-refractivity contribution is 7.99. The van der Waals surface area contributed by atoms with Crippen molar-refractivity contribution in [2.24, 2.45) is 0 Å². The number of carbonyl (C=O) groups excluding carboxylic acids is 1. The number of thioether (sulfide) groups is 1. The minimum atomic E-state index is -0.391. The molecule has 0 spiro atoms. The van der Waals surface area contributed by atoms with E-state index in [2.05, 4.69) is 63.1 Å². The smallest absolute Gasteiger partial charge is 0.348 e. The van der Waals surface area contributed by atoms with Crippen molar-refractivity contribution in [3.63, 3.8) is 0 Å². The Morgan fingerprint density at radius 3 is 2.26 bits per heavy atom. The van der Waals surface area contributed by atoms with Crippen molar-refractivity contribution in [1.82, 2.24) is 14.8 Å². The molecule has 1 amide bonds. The van der Waals surface area contributed by atoms with Crippen molar-refractivity contribution in [2.45, 2.75) is 57.5 Å². The Bertz CT molecular complexity index is 1270. The second-order valence-electron chi connectivity index (χ2n) is 10.6. The molecule has 0 fully saturated rings. The molecule has 0 aliphatic carbocycles. The number of fused-ring (bicyclic) bond motifs is 1. The van der Waals surface area contributed by atoms with E-state index in [1.807, 2.05) is 12.1 Å². The molecule has 2 aromatic carbocycles. The summed E-state index contributed by atoms with van der Waals surface area (Å²) in [5, 5.41) is 9.99. The molecule has 3 aromatic rings. The van der Waals surface area contributed by atoms with Crippen LogP contribution in [0.5, 0.6) is 11.5 Å². The number of aromatic nitrogens is 3. The van der Waals surface area contributed by atoms with Crippen molar-refractivity contribution in [1.29, 1.82) is 0 Å². The molecule has 9 heteroatoms. The summed E-state index contributed by atoms with van der Waals surface area (Å²) in [5.41, 5.74) is 3.18. The third-order valence-corrected chi connectivity index (χ3v) is 6.65. The van der Waals surface area contributed by atoms with Crippen molar-refractivity contribution in [2.75, 3.05) is 24.3 Å². The molecular weight excluding hydrogens is 464 g/mol. The second kappa shape index (κ2) is 9.45. The molecule has 0 saturated carbocycles. The number of anilines is 1. The van der Waals surface area contributed by atoms with E-state index in [1.54, 1.807) is 18.2 Å². The Morgan fingerprint density at radius 1 is 1.00 bits per heavy atom. The molecule has 2 heterocycles. The Kier molecular flexibility index (Phi) is 6.73. The molecular formula is C26H32N4O4S. The summed E-state index contributed by atoms with van der Waals surface area (Å²) in [6.45, 7) is 13.9. The summed E-state index contributed by atoms with van der Waals surface area (Å²) >= 11 is 1.18. The van der Waals surface area contributed by atoms with Crippen LogP contribution in [0.2, 0.25) is 0 Å². The van der Waals surface area contributed by atoms with Crippen molar-refractivity contribution in [3.05, 3.63) is 58.0 Å². The summed E-state index contributed by atoms with van der Waals surface area (Å²) in [6, 6.07) is 11.5. The Morgan fingerprint density at radius 2 is 1.63 bits per heavy atom. The van der Waals surface area contributed by atoms with Gasteiger partial charge in [0.15, 0.2) is 16.7 Å². The van der Waals surface area contributed by atoms with E-state index < -0.39 is 5.69 Å². The van der Waals surface area contributed by atoms with Gasteiger partial charge in [0.2, 0.25) is 5.91 Å². The molecule has 1 aliphatic heterocycles. The summed E-state index contributed by atoms with van der Waals surface area (Å²) in [7, 11) is 0. The molecule has 1 aromatic heterocycles. The van der Waals surface area contributed by atoms with Gasteiger partial charge in [-0.25, -0.2) is 14.5 Å². The molecule has 4 rings (SSSR count). The lowest BCUT2D eigenvalue weighted by Crippen LogP contribution is -2.20. The van der Waals surface area contributed by atoms with Gasteiger partial charge in [-0.3, -0.25) is 4.79 Å².